The molecule has 0 unspecified atom stereocenters. The molecule has 0 radical (unpaired) electrons. The maximum absolute atomic E-state index is 10.5. The average molecular weight is 199 g/mol. The number of hydrogen-bond acceptors (Lipinski definition) is 3. The van der Waals surface area contributed by atoms with Crippen LogP contribution >= 0.6 is 0 Å². The van der Waals surface area contributed by atoms with Crippen LogP contribution in [-0.4, -0.2) is 15.9 Å². The number of nitrogen functional groups attached to an aromatic ring is 2. The molecule has 72 valence electrons. The molecule has 7 nitrogen and oxygen atoms in total. The molecule has 0 aliphatic carbocycles. The molecule has 0 fully saturated rings. The van der Waals surface area contributed by atoms with Gasteiger partial charge in [0.1, 0.15) is 0 Å². The summed E-state index contributed by atoms with van der Waals surface area (Å²) < 4.78 is 0. The lowest BCUT2D eigenvalue weighted by Gasteiger charge is -1.86. The first-order valence-corrected chi connectivity index (χ1v) is 2.36. The van der Waals surface area contributed by atoms with Crippen LogP contribution in [0.25, 0.3) is 0 Å². The maximum atomic E-state index is 10.5. The van der Waals surface area contributed by atoms with Crippen LogP contribution in [0.4, 0.5) is 11.8 Å². The molecule has 8 heteroatoms. The van der Waals surface area contributed by atoms with Gasteiger partial charge in [-0.1, -0.05) is 0 Å². The van der Waals surface area contributed by atoms with Crippen LogP contribution in [0.1, 0.15) is 0 Å². The van der Waals surface area contributed by atoms with Crippen molar-refractivity contribution in [3.05, 3.63) is 16.4 Å². The highest BCUT2D eigenvalue weighted by molar-refractivity contribution is 5.20. The Morgan fingerprint density at radius 3 is 2.17 bits per heavy atom. The highest BCUT2D eigenvalue weighted by atomic mass is 35.5. The Bertz CT molecular complexity index is 252. The largest absolute Gasteiger partial charge is 1.00 e. The molecule has 0 bridgehead atoms. The van der Waals surface area contributed by atoms with E-state index in [4.69, 9.17) is 11.5 Å². The third-order valence-corrected chi connectivity index (χ3v) is 0.823. The summed E-state index contributed by atoms with van der Waals surface area (Å²) in [5.74, 6) is 0.427. The van der Waals surface area contributed by atoms with E-state index in [1.165, 1.54) is 6.07 Å². The molecule has 10 N–H and O–H groups in total. The molecular formula is C4H11ClN4O3. The van der Waals surface area contributed by atoms with E-state index in [9.17, 15) is 4.79 Å². The van der Waals surface area contributed by atoms with Crippen molar-refractivity contribution in [2.75, 3.05) is 11.5 Å². The van der Waals surface area contributed by atoms with Gasteiger partial charge in [0.05, 0.1) is 6.07 Å². The first-order valence-electron chi connectivity index (χ1n) is 2.36. The van der Waals surface area contributed by atoms with Gasteiger partial charge >= 0.3 is 5.95 Å². The fourth-order valence-corrected chi connectivity index (χ4v) is 0.533. The van der Waals surface area contributed by atoms with E-state index in [0.717, 1.165) is 0 Å². The molecule has 1 aromatic heterocycles. The summed E-state index contributed by atoms with van der Waals surface area (Å²) in [7, 11) is 0. The number of aromatic nitrogens is 2. The van der Waals surface area contributed by atoms with Gasteiger partial charge in [0.15, 0.2) is 5.82 Å². The summed E-state index contributed by atoms with van der Waals surface area (Å²) in [4.78, 5) is 15.3. The van der Waals surface area contributed by atoms with E-state index in [2.05, 4.69) is 9.97 Å². The SMILES string of the molecule is Nc1cc(=O)[nH]c(N)[nH+]1.O.O.[Cl-]. The minimum Gasteiger partial charge on any atom is -1.00 e. The van der Waals surface area contributed by atoms with Crippen molar-refractivity contribution in [2.45, 2.75) is 0 Å². The van der Waals surface area contributed by atoms with Crippen LogP contribution in [0.5, 0.6) is 0 Å². The zero-order chi connectivity index (χ0) is 6.85. The number of aromatic amines is 2. The molecule has 0 saturated carbocycles. The predicted octanol–water partition coefficient (Wildman–Crippen LogP) is -6.29. The Labute approximate surface area is 73.8 Å². The second-order valence-electron chi connectivity index (χ2n) is 1.63. The molecule has 1 rings (SSSR count). The van der Waals surface area contributed by atoms with E-state index in [1.807, 2.05) is 0 Å². The number of nitrogens with two attached hydrogens (primary N) is 2. The van der Waals surface area contributed by atoms with Gasteiger partial charge < -0.3 is 34.8 Å². The summed E-state index contributed by atoms with van der Waals surface area (Å²) in [6, 6.07) is 1.22. The summed E-state index contributed by atoms with van der Waals surface area (Å²) in [6.45, 7) is 0. The highest BCUT2D eigenvalue weighted by Crippen LogP contribution is 1.81. The lowest BCUT2D eigenvalue weighted by atomic mass is 10.6. The van der Waals surface area contributed by atoms with Gasteiger partial charge in [-0.15, -0.1) is 0 Å². The second kappa shape index (κ2) is 6.40. The predicted molar refractivity (Wildman–Crippen MR) is 39.7 cm³/mol. The number of hydrogen-bond donors (Lipinski definition) is 3. The summed E-state index contributed by atoms with van der Waals surface area (Å²) in [6.07, 6.45) is 0. The Kier molecular flexibility index (Phi) is 9.06. The van der Waals surface area contributed by atoms with Crippen molar-refractivity contribution in [3.63, 3.8) is 0 Å². The van der Waals surface area contributed by atoms with Crippen molar-refractivity contribution < 1.29 is 28.3 Å². The van der Waals surface area contributed by atoms with Crippen LogP contribution in [-0.2, 0) is 0 Å². The van der Waals surface area contributed by atoms with E-state index in [-0.39, 0.29) is 40.7 Å². The van der Waals surface area contributed by atoms with Gasteiger partial charge in [0.25, 0.3) is 5.56 Å². The van der Waals surface area contributed by atoms with Gasteiger partial charge in [0.2, 0.25) is 0 Å². The van der Waals surface area contributed by atoms with Gasteiger partial charge in [-0.05, 0) is 0 Å². The van der Waals surface area contributed by atoms with Crippen molar-refractivity contribution in [1.82, 2.24) is 4.98 Å². The number of halogens is 1. The molecule has 12 heavy (non-hydrogen) atoms. The zero-order valence-corrected chi connectivity index (χ0v) is 6.77. The molecule has 0 aliphatic heterocycles. The Hall–Kier alpha value is -1.31. The van der Waals surface area contributed by atoms with Crippen LogP contribution in [0.2, 0.25) is 0 Å². The monoisotopic (exact) mass is 198 g/mol. The van der Waals surface area contributed by atoms with Crippen molar-refractivity contribution in [3.8, 4) is 0 Å². The van der Waals surface area contributed by atoms with E-state index >= 15 is 0 Å². The molecule has 0 atom stereocenters. The fraction of sp³-hybridized carbons (Fsp3) is 0. The van der Waals surface area contributed by atoms with Crippen LogP contribution in [0.3, 0.4) is 0 Å². The molecule has 1 heterocycles. The molecule has 0 aromatic carbocycles. The molecule has 1 aromatic rings. The number of anilines is 2. The van der Waals surface area contributed by atoms with Gasteiger partial charge in [-0.2, -0.15) is 0 Å². The van der Waals surface area contributed by atoms with E-state index in [0.29, 0.717) is 0 Å². The lowest BCUT2D eigenvalue weighted by Crippen LogP contribution is -3.00. The smallest absolute Gasteiger partial charge is 0.312 e. The third-order valence-electron chi connectivity index (χ3n) is 0.823. The number of rotatable bonds is 0. The Balaban J connectivity index is -0.000000270. The fourth-order valence-electron chi connectivity index (χ4n) is 0.533. The average Bonchev–Trinajstić information content (AvgIpc) is 1.59. The van der Waals surface area contributed by atoms with Crippen molar-refractivity contribution in [1.29, 1.82) is 0 Å². The zero-order valence-electron chi connectivity index (χ0n) is 6.02. The Morgan fingerprint density at radius 2 is 1.83 bits per heavy atom. The summed E-state index contributed by atoms with van der Waals surface area (Å²) in [5, 5.41) is 0. The molecule has 0 aliphatic rings. The van der Waals surface area contributed by atoms with Crippen molar-refractivity contribution >= 4 is 11.8 Å². The molecular weight excluding hydrogens is 188 g/mol. The van der Waals surface area contributed by atoms with Gasteiger partial charge in [-0.25, -0.2) is 9.97 Å². The van der Waals surface area contributed by atoms with Gasteiger partial charge in [-0.3, -0.25) is 4.79 Å². The quantitative estimate of drug-likeness (QED) is 0.379. The van der Waals surface area contributed by atoms with E-state index < -0.39 is 0 Å². The van der Waals surface area contributed by atoms with Gasteiger partial charge in [0, 0.05) is 0 Å². The lowest BCUT2D eigenvalue weighted by molar-refractivity contribution is -0.346. The normalized spacial score (nSPS) is 7.00. The molecule has 0 saturated heterocycles. The van der Waals surface area contributed by atoms with Crippen LogP contribution in [0, 0.1) is 0 Å². The number of H-pyrrole nitrogens is 2. The highest BCUT2D eigenvalue weighted by Gasteiger charge is 1.94. The summed E-state index contributed by atoms with van der Waals surface area (Å²) >= 11 is 0. The third kappa shape index (κ3) is 4.50. The maximum Gasteiger partial charge on any atom is 0.312 e. The standard InChI is InChI=1S/C4H6N4O.ClH.2H2O/c5-2-1-3(9)8-4(6)7-2;;;/h1H,(H5,5,6,7,8,9);1H;2*1H2. The topological polar surface area (TPSA) is 162 Å². The van der Waals surface area contributed by atoms with Crippen LogP contribution in [0.15, 0.2) is 10.9 Å². The number of nitrogens with one attached hydrogen (secondary N) is 2. The van der Waals surface area contributed by atoms with E-state index in [1.54, 1.807) is 0 Å². The van der Waals surface area contributed by atoms with Crippen LogP contribution < -0.4 is 34.4 Å². The first kappa shape index (κ1) is 17.0. The molecule has 0 spiro atoms. The second-order valence-corrected chi connectivity index (χ2v) is 1.63. The Morgan fingerprint density at radius 1 is 1.33 bits per heavy atom. The minimum absolute atomic E-state index is 0. The van der Waals surface area contributed by atoms with Crippen molar-refractivity contribution in [2.24, 2.45) is 0 Å². The molecule has 0 amide bonds. The first-order chi connectivity index (χ1) is 4.18. The minimum atomic E-state index is -0.302. The summed E-state index contributed by atoms with van der Waals surface area (Å²) in [5.41, 5.74) is 10.1.